The van der Waals surface area contributed by atoms with Crippen molar-refractivity contribution in [2.24, 2.45) is 0 Å². The highest BCUT2D eigenvalue weighted by molar-refractivity contribution is 7.07. The number of carbonyl (C=O) groups is 1. The Bertz CT molecular complexity index is 514. The van der Waals surface area contributed by atoms with Gasteiger partial charge < -0.3 is 0 Å². The van der Waals surface area contributed by atoms with E-state index in [9.17, 15) is 4.79 Å². The molecule has 0 N–H and O–H groups in total. The van der Waals surface area contributed by atoms with E-state index in [2.05, 4.69) is 23.5 Å². The maximum absolute atomic E-state index is 12.2. The molecular weight excluding hydrogens is 244 g/mol. The Hall–Kier alpha value is -1.42. The number of hydrogen-bond donors (Lipinski definition) is 0. The van der Waals surface area contributed by atoms with Crippen LogP contribution >= 0.6 is 11.3 Å². The molecule has 0 spiro atoms. The van der Waals surface area contributed by atoms with Crippen molar-refractivity contribution in [3.8, 4) is 0 Å². The zero-order chi connectivity index (χ0) is 13.0. The molecule has 0 bridgehead atoms. The summed E-state index contributed by atoms with van der Waals surface area (Å²) in [6, 6.07) is 4.01. The zero-order valence-electron chi connectivity index (χ0n) is 10.8. The molecule has 0 atom stereocenters. The molecule has 0 radical (unpaired) electrons. The van der Waals surface area contributed by atoms with E-state index in [-0.39, 0.29) is 5.78 Å². The summed E-state index contributed by atoms with van der Waals surface area (Å²) in [7, 11) is 0. The maximum Gasteiger partial charge on any atom is 0.181 e. The number of ketones is 1. The maximum atomic E-state index is 12.2. The lowest BCUT2D eigenvalue weighted by molar-refractivity contribution is 0.0972. The first-order valence-corrected chi connectivity index (χ1v) is 7.29. The molecule has 3 nitrogen and oxygen atoms in total. The molecular formula is C14H18N2OS. The average molecular weight is 262 g/mol. The quantitative estimate of drug-likeness (QED) is 0.748. The molecule has 18 heavy (non-hydrogen) atoms. The number of carbonyl (C=O) groups excluding carboxylic acids is 1. The Morgan fingerprint density at radius 1 is 1.44 bits per heavy atom. The van der Waals surface area contributed by atoms with Gasteiger partial charge in [-0.1, -0.05) is 6.92 Å². The lowest BCUT2D eigenvalue weighted by Crippen LogP contribution is -2.10. The summed E-state index contributed by atoms with van der Waals surface area (Å²) >= 11 is 1.67. The molecule has 0 fully saturated rings. The molecule has 0 aliphatic heterocycles. The third kappa shape index (κ3) is 2.88. The molecule has 4 heteroatoms. The number of hydrogen-bond acceptors (Lipinski definition) is 3. The molecule has 0 saturated carbocycles. The second-order valence-corrected chi connectivity index (χ2v) is 5.03. The Morgan fingerprint density at radius 2 is 2.28 bits per heavy atom. The van der Waals surface area contributed by atoms with Gasteiger partial charge in [0.05, 0.1) is 5.69 Å². The van der Waals surface area contributed by atoms with E-state index in [4.69, 9.17) is 0 Å². The number of nitrogens with zero attached hydrogens (tertiary/aromatic N) is 2. The van der Waals surface area contributed by atoms with Gasteiger partial charge in [-0.05, 0) is 48.2 Å². The Kier molecular flexibility index (Phi) is 4.31. The molecule has 0 saturated heterocycles. The van der Waals surface area contributed by atoms with Crippen molar-refractivity contribution >= 4 is 17.1 Å². The van der Waals surface area contributed by atoms with Crippen LogP contribution in [0, 0.1) is 0 Å². The van der Waals surface area contributed by atoms with E-state index in [0.29, 0.717) is 6.42 Å². The molecule has 0 aromatic carbocycles. The van der Waals surface area contributed by atoms with Crippen molar-refractivity contribution in [3.63, 3.8) is 0 Å². The molecule has 0 aliphatic rings. The Labute approximate surface area is 111 Å². The highest BCUT2D eigenvalue weighted by Gasteiger charge is 2.13. The van der Waals surface area contributed by atoms with E-state index in [1.807, 2.05) is 23.1 Å². The Balaban J connectivity index is 2.06. The van der Waals surface area contributed by atoms with Crippen LogP contribution in [0.2, 0.25) is 0 Å². The first-order valence-electron chi connectivity index (χ1n) is 6.35. The van der Waals surface area contributed by atoms with E-state index < -0.39 is 0 Å². The highest BCUT2D eigenvalue weighted by atomic mass is 32.1. The van der Waals surface area contributed by atoms with E-state index in [1.54, 1.807) is 11.3 Å². The predicted octanol–water partition coefficient (Wildman–Crippen LogP) is 3.34. The molecule has 2 rings (SSSR count). The van der Waals surface area contributed by atoms with Gasteiger partial charge in [-0.25, -0.2) is 0 Å². The van der Waals surface area contributed by atoms with E-state index >= 15 is 0 Å². The summed E-state index contributed by atoms with van der Waals surface area (Å²) in [6.45, 7) is 4.82. The molecule has 0 amide bonds. The number of rotatable bonds is 6. The van der Waals surface area contributed by atoms with Crippen LogP contribution in [0.5, 0.6) is 0 Å². The minimum atomic E-state index is 0.190. The van der Waals surface area contributed by atoms with E-state index in [0.717, 1.165) is 30.8 Å². The van der Waals surface area contributed by atoms with Crippen LogP contribution in [0.4, 0.5) is 0 Å². The normalized spacial score (nSPS) is 10.8. The van der Waals surface area contributed by atoms with Crippen molar-refractivity contribution in [1.29, 1.82) is 0 Å². The van der Waals surface area contributed by atoms with Crippen molar-refractivity contribution in [1.82, 2.24) is 9.78 Å². The number of thiophene rings is 1. The molecule has 2 aromatic rings. The van der Waals surface area contributed by atoms with Crippen LogP contribution < -0.4 is 0 Å². The van der Waals surface area contributed by atoms with Crippen LogP contribution in [0.25, 0.3) is 0 Å². The predicted molar refractivity (Wildman–Crippen MR) is 74.2 cm³/mol. The fourth-order valence-corrected chi connectivity index (χ4v) is 2.63. The minimum Gasteiger partial charge on any atom is -0.292 e. The third-order valence-electron chi connectivity index (χ3n) is 3.00. The lowest BCUT2D eigenvalue weighted by Gasteiger charge is -2.02. The zero-order valence-corrected chi connectivity index (χ0v) is 11.7. The summed E-state index contributed by atoms with van der Waals surface area (Å²) in [5.41, 5.74) is 2.99. The second-order valence-electron chi connectivity index (χ2n) is 4.25. The van der Waals surface area contributed by atoms with Gasteiger partial charge in [-0.2, -0.15) is 16.4 Å². The molecule has 0 aliphatic carbocycles. The van der Waals surface area contributed by atoms with Crippen LogP contribution in [-0.4, -0.2) is 15.6 Å². The largest absolute Gasteiger partial charge is 0.292 e. The number of Topliss-reactive ketones (excluding diaryl/α,β-unsaturated/α-hetero) is 1. The summed E-state index contributed by atoms with van der Waals surface area (Å²) < 4.78 is 1.81. The topological polar surface area (TPSA) is 34.9 Å². The monoisotopic (exact) mass is 262 g/mol. The summed E-state index contributed by atoms with van der Waals surface area (Å²) in [5, 5.41) is 8.56. The smallest absolute Gasteiger partial charge is 0.181 e. The number of aromatic nitrogens is 2. The van der Waals surface area contributed by atoms with Gasteiger partial charge in [0.15, 0.2) is 5.78 Å². The van der Waals surface area contributed by atoms with Gasteiger partial charge in [-0.3, -0.25) is 9.48 Å². The van der Waals surface area contributed by atoms with Crippen LogP contribution in [0.15, 0.2) is 22.9 Å². The molecule has 96 valence electrons. The van der Waals surface area contributed by atoms with Crippen LogP contribution in [0.1, 0.15) is 42.0 Å². The average Bonchev–Trinajstić information content (AvgIpc) is 3.04. The van der Waals surface area contributed by atoms with Crippen molar-refractivity contribution in [3.05, 3.63) is 39.8 Å². The Morgan fingerprint density at radius 3 is 2.89 bits per heavy atom. The fourth-order valence-electron chi connectivity index (χ4n) is 1.93. The lowest BCUT2D eigenvalue weighted by atomic mass is 10.1. The van der Waals surface area contributed by atoms with Gasteiger partial charge >= 0.3 is 0 Å². The van der Waals surface area contributed by atoms with Gasteiger partial charge in [0.25, 0.3) is 0 Å². The van der Waals surface area contributed by atoms with Gasteiger partial charge in [0.1, 0.15) is 5.69 Å². The molecule has 0 unspecified atom stereocenters. The van der Waals surface area contributed by atoms with Crippen molar-refractivity contribution < 1.29 is 4.79 Å². The highest BCUT2D eigenvalue weighted by Crippen LogP contribution is 2.13. The van der Waals surface area contributed by atoms with Crippen molar-refractivity contribution in [2.75, 3.05) is 0 Å². The first kappa shape index (κ1) is 13.0. The second kappa shape index (κ2) is 5.96. The summed E-state index contributed by atoms with van der Waals surface area (Å²) in [5.74, 6) is 0.190. The standard InChI is InChI=1S/C14H18N2OS/c1-3-12-9-13(16(4-2)15-12)14(17)6-5-11-7-8-18-10-11/h7-10H,3-6H2,1-2H3. The van der Waals surface area contributed by atoms with Crippen LogP contribution in [-0.2, 0) is 19.4 Å². The molecule has 2 aromatic heterocycles. The van der Waals surface area contributed by atoms with Gasteiger partial charge in [0, 0.05) is 13.0 Å². The summed E-state index contributed by atoms with van der Waals surface area (Å²) in [4.78, 5) is 12.2. The van der Waals surface area contributed by atoms with E-state index in [1.165, 1.54) is 5.56 Å². The first-order chi connectivity index (χ1) is 8.74. The van der Waals surface area contributed by atoms with Gasteiger partial charge in [-0.15, -0.1) is 0 Å². The third-order valence-corrected chi connectivity index (χ3v) is 3.73. The minimum absolute atomic E-state index is 0.190. The fraction of sp³-hybridized carbons (Fsp3) is 0.429. The molecule has 2 heterocycles. The number of aryl methyl sites for hydroxylation is 3. The van der Waals surface area contributed by atoms with Gasteiger partial charge in [0.2, 0.25) is 0 Å². The summed E-state index contributed by atoms with van der Waals surface area (Å²) in [6.07, 6.45) is 2.25. The van der Waals surface area contributed by atoms with Crippen molar-refractivity contribution in [2.45, 2.75) is 39.7 Å². The van der Waals surface area contributed by atoms with Crippen LogP contribution in [0.3, 0.4) is 0 Å². The SMILES string of the molecule is CCc1cc(C(=O)CCc2ccsc2)n(CC)n1.